The van der Waals surface area contributed by atoms with Gasteiger partial charge < -0.3 is 10.2 Å². The highest BCUT2D eigenvalue weighted by molar-refractivity contribution is 5.09. The Hall–Kier alpha value is -0.930. The van der Waals surface area contributed by atoms with Crippen molar-refractivity contribution >= 4 is 0 Å². The SMILES string of the molecule is CNC(C)C1CCN(CCc2ccncc2)CC1. The fourth-order valence-corrected chi connectivity index (χ4v) is 2.75. The minimum absolute atomic E-state index is 0.660. The van der Waals surface area contributed by atoms with Crippen molar-refractivity contribution in [2.24, 2.45) is 5.92 Å². The standard InChI is InChI=1S/C15H25N3/c1-13(16-2)15-6-11-18(12-7-15)10-5-14-3-8-17-9-4-14/h3-4,8-9,13,15-16H,5-7,10-12H2,1-2H3. The number of hydrogen-bond acceptors (Lipinski definition) is 3. The third kappa shape index (κ3) is 3.79. The molecule has 1 aromatic rings. The van der Waals surface area contributed by atoms with Crippen LogP contribution in [0.2, 0.25) is 0 Å². The molecular formula is C15H25N3. The Morgan fingerprint density at radius 3 is 2.61 bits per heavy atom. The number of rotatable bonds is 5. The molecule has 1 aliphatic rings. The topological polar surface area (TPSA) is 28.2 Å². The third-order valence-electron chi connectivity index (χ3n) is 4.26. The van der Waals surface area contributed by atoms with Crippen molar-refractivity contribution < 1.29 is 0 Å². The lowest BCUT2D eigenvalue weighted by Crippen LogP contribution is -2.41. The van der Waals surface area contributed by atoms with Crippen LogP contribution in [0.4, 0.5) is 0 Å². The number of aromatic nitrogens is 1. The Morgan fingerprint density at radius 2 is 2.00 bits per heavy atom. The van der Waals surface area contributed by atoms with Gasteiger partial charge in [-0.3, -0.25) is 4.98 Å². The highest BCUT2D eigenvalue weighted by Gasteiger charge is 2.22. The molecule has 0 bridgehead atoms. The summed E-state index contributed by atoms with van der Waals surface area (Å²) < 4.78 is 0. The molecule has 0 aliphatic carbocycles. The Kier molecular flexibility index (Phi) is 5.14. The van der Waals surface area contributed by atoms with Crippen molar-refractivity contribution in [1.82, 2.24) is 15.2 Å². The fraction of sp³-hybridized carbons (Fsp3) is 0.667. The predicted molar refractivity (Wildman–Crippen MR) is 75.6 cm³/mol. The summed E-state index contributed by atoms with van der Waals surface area (Å²) in [6.45, 7) is 5.99. The van der Waals surface area contributed by atoms with Gasteiger partial charge in [-0.2, -0.15) is 0 Å². The molecule has 0 aromatic carbocycles. The first-order valence-electron chi connectivity index (χ1n) is 7.08. The van der Waals surface area contributed by atoms with Crippen LogP contribution >= 0.6 is 0 Å². The number of piperidine rings is 1. The second-order valence-corrected chi connectivity index (χ2v) is 5.36. The van der Waals surface area contributed by atoms with E-state index in [0.717, 1.165) is 12.3 Å². The van der Waals surface area contributed by atoms with E-state index in [1.54, 1.807) is 0 Å². The monoisotopic (exact) mass is 247 g/mol. The molecule has 0 saturated carbocycles. The molecule has 3 heteroatoms. The van der Waals surface area contributed by atoms with Crippen LogP contribution in [0.5, 0.6) is 0 Å². The number of nitrogens with one attached hydrogen (secondary N) is 1. The minimum atomic E-state index is 0.660. The number of likely N-dealkylation sites (tertiary alicyclic amines) is 1. The van der Waals surface area contributed by atoms with E-state index in [0.29, 0.717) is 6.04 Å². The molecule has 0 amide bonds. The van der Waals surface area contributed by atoms with Crippen molar-refractivity contribution in [1.29, 1.82) is 0 Å². The molecule has 1 atom stereocenters. The van der Waals surface area contributed by atoms with Gasteiger partial charge in [0.15, 0.2) is 0 Å². The van der Waals surface area contributed by atoms with Gasteiger partial charge in [0.2, 0.25) is 0 Å². The quantitative estimate of drug-likeness (QED) is 0.862. The second-order valence-electron chi connectivity index (χ2n) is 5.36. The number of pyridine rings is 1. The molecule has 1 saturated heterocycles. The van der Waals surface area contributed by atoms with Gasteiger partial charge in [-0.1, -0.05) is 0 Å². The average molecular weight is 247 g/mol. The van der Waals surface area contributed by atoms with Crippen molar-refractivity contribution in [3.63, 3.8) is 0 Å². The van der Waals surface area contributed by atoms with Crippen molar-refractivity contribution in [3.8, 4) is 0 Å². The number of hydrogen-bond donors (Lipinski definition) is 1. The highest BCUT2D eigenvalue weighted by Crippen LogP contribution is 2.20. The summed E-state index contributed by atoms with van der Waals surface area (Å²) in [7, 11) is 2.07. The van der Waals surface area contributed by atoms with Crippen LogP contribution in [0.15, 0.2) is 24.5 Å². The Labute approximate surface area is 111 Å². The van der Waals surface area contributed by atoms with Crippen LogP contribution in [-0.4, -0.2) is 42.6 Å². The van der Waals surface area contributed by atoms with Crippen LogP contribution in [0, 0.1) is 5.92 Å². The lowest BCUT2D eigenvalue weighted by atomic mass is 9.90. The van der Waals surface area contributed by atoms with E-state index in [-0.39, 0.29) is 0 Å². The Morgan fingerprint density at radius 1 is 1.33 bits per heavy atom. The summed E-state index contributed by atoms with van der Waals surface area (Å²) in [5, 5.41) is 3.38. The average Bonchev–Trinajstić information content (AvgIpc) is 2.46. The molecule has 1 aromatic heterocycles. The van der Waals surface area contributed by atoms with E-state index in [9.17, 15) is 0 Å². The molecule has 0 radical (unpaired) electrons. The summed E-state index contributed by atoms with van der Waals surface area (Å²) >= 11 is 0. The third-order valence-corrected chi connectivity index (χ3v) is 4.26. The molecule has 100 valence electrons. The summed E-state index contributed by atoms with van der Waals surface area (Å²) in [6, 6.07) is 4.90. The molecule has 2 heterocycles. The molecule has 1 aliphatic heterocycles. The number of nitrogens with zero attached hydrogens (tertiary/aromatic N) is 2. The maximum Gasteiger partial charge on any atom is 0.0270 e. The maximum absolute atomic E-state index is 4.06. The predicted octanol–water partition coefficient (Wildman–Crippen LogP) is 1.94. The second kappa shape index (κ2) is 6.86. The smallest absolute Gasteiger partial charge is 0.0270 e. The molecule has 1 N–H and O–H groups in total. The summed E-state index contributed by atoms with van der Waals surface area (Å²) in [5.74, 6) is 0.854. The van der Waals surface area contributed by atoms with E-state index in [1.165, 1.54) is 38.0 Å². The van der Waals surface area contributed by atoms with E-state index in [4.69, 9.17) is 0 Å². The molecule has 0 spiro atoms. The lowest BCUT2D eigenvalue weighted by molar-refractivity contribution is 0.166. The van der Waals surface area contributed by atoms with Crippen molar-refractivity contribution in [2.45, 2.75) is 32.2 Å². The van der Waals surface area contributed by atoms with E-state index >= 15 is 0 Å². The summed E-state index contributed by atoms with van der Waals surface area (Å²) in [5.41, 5.74) is 1.40. The van der Waals surface area contributed by atoms with Gasteiger partial charge in [0, 0.05) is 25.0 Å². The largest absolute Gasteiger partial charge is 0.317 e. The minimum Gasteiger partial charge on any atom is -0.317 e. The van der Waals surface area contributed by atoms with Gasteiger partial charge in [0.05, 0.1) is 0 Å². The van der Waals surface area contributed by atoms with Crippen LogP contribution in [0.25, 0.3) is 0 Å². The molecule has 3 nitrogen and oxygen atoms in total. The maximum atomic E-state index is 4.06. The molecule has 1 fully saturated rings. The molecule has 1 unspecified atom stereocenters. The zero-order valence-electron chi connectivity index (χ0n) is 11.6. The normalized spacial score (nSPS) is 19.9. The summed E-state index contributed by atoms with van der Waals surface area (Å²) in [4.78, 5) is 6.65. The summed E-state index contributed by atoms with van der Waals surface area (Å²) in [6.07, 6.45) is 7.58. The van der Waals surface area contributed by atoms with Gasteiger partial charge in [-0.25, -0.2) is 0 Å². The van der Waals surface area contributed by atoms with Crippen LogP contribution < -0.4 is 5.32 Å². The van der Waals surface area contributed by atoms with Crippen molar-refractivity contribution in [2.75, 3.05) is 26.7 Å². The van der Waals surface area contributed by atoms with Gasteiger partial charge in [0.1, 0.15) is 0 Å². The lowest BCUT2D eigenvalue weighted by Gasteiger charge is -2.34. The zero-order valence-corrected chi connectivity index (χ0v) is 11.6. The van der Waals surface area contributed by atoms with Gasteiger partial charge in [0.25, 0.3) is 0 Å². The fourth-order valence-electron chi connectivity index (χ4n) is 2.75. The molecule has 2 rings (SSSR count). The van der Waals surface area contributed by atoms with E-state index in [1.807, 2.05) is 12.4 Å². The van der Waals surface area contributed by atoms with Gasteiger partial charge in [-0.15, -0.1) is 0 Å². The van der Waals surface area contributed by atoms with Crippen LogP contribution in [-0.2, 0) is 6.42 Å². The van der Waals surface area contributed by atoms with Crippen LogP contribution in [0.1, 0.15) is 25.3 Å². The van der Waals surface area contributed by atoms with Crippen LogP contribution in [0.3, 0.4) is 0 Å². The van der Waals surface area contributed by atoms with Crippen molar-refractivity contribution in [3.05, 3.63) is 30.1 Å². The highest BCUT2D eigenvalue weighted by atomic mass is 15.1. The Bertz CT molecular complexity index is 331. The first-order chi connectivity index (χ1) is 8.79. The van der Waals surface area contributed by atoms with Gasteiger partial charge >= 0.3 is 0 Å². The van der Waals surface area contributed by atoms with E-state index < -0.39 is 0 Å². The van der Waals surface area contributed by atoms with Gasteiger partial charge in [-0.05, 0) is 69.9 Å². The zero-order chi connectivity index (χ0) is 12.8. The van der Waals surface area contributed by atoms with E-state index in [2.05, 4.69) is 41.3 Å². The first-order valence-corrected chi connectivity index (χ1v) is 7.08. The Balaban J connectivity index is 1.71. The molecule has 18 heavy (non-hydrogen) atoms. The first kappa shape index (κ1) is 13.5. The molecular weight excluding hydrogens is 222 g/mol.